The molecule has 0 unspecified atom stereocenters. The maximum Gasteiger partial charge on any atom is 0.332 e. The van der Waals surface area contributed by atoms with Crippen molar-refractivity contribution < 1.29 is 9.59 Å². The number of benzene rings is 1. The Labute approximate surface area is 166 Å². The summed E-state index contributed by atoms with van der Waals surface area (Å²) in [6.45, 7) is 3.78. The molecule has 8 heteroatoms. The predicted molar refractivity (Wildman–Crippen MR) is 109 cm³/mol. The van der Waals surface area contributed by atoms with E-state index in [0.717, 1.165) is 16.1 Å². The van der Waals surface area contributed by atoms with Gasteiger partial charge >= 0.3 is 6.03 Å². The second kappa shape index (κ2) is 6.72. The number of carbonyl (C=O) groups excluding carboxylic acids is 2. The van der Waals surface area contributed by atoms with Crippen molar-refractivity contribution in [3.63, 3.8) is 0 Å². The molecule has 2 N–H and O–H groups in total. The van der Waals surface area contributed by atoms with E-state index in [0.29, 0.717) is 11.5 Å². The third-order valence-corrected chi connectivity index (χ3v) is 5.64. The van der Waals surface area contributed by atoms with E-state index < -0.39 is 5.54 Å². The molecular formula is C20H19N5O2S. The average Bonchev–Trinajstić information content (AvgIpc) is 3.26. The highest BCUT2D eigenvalue weighted by Gasteiger charge is 2.51. The summed E-state index contributed by atoms with van der Waals surface area (Å²) in [7, 11) is 0. The smallest absolute Gasteiger partial charge is 0.332 e. The predicted octanol–water partition coefficient (Wildman–Crippen LogP) is 3.53. The number of urea groups is 1. The summed E-state index contributed by atoms with van der Waals surface area (Å²) in [5, 5.41) is 2.80. The Morgan fingerprint density at radius 1 is 1.07 bits per heavy atom. The van der Waals surface area contributed by atoms with Crippen LogP contribution in [0, 0.1) is 0 Å². The second-order valence-electron chi connectivity index (χ2n) is 7.04. The summed E-state index contributed by atoms with van der Waals surface area (Å²) in [6, 6.07) is 10.4. The largest absolute Gasteiger partial charge is 0.384 e. The fraction of sp³-hybridized carbons (Fsp3) is 0.200. The van der Waals surface area contributed by atoms with E-state index in [9.17, 15) is 9.59 Å². The molecule has 0 radical (unpaired) electrons. The van der Waals surface area contributed by atoms with Gasteiger partial charge in [-0.2, -0.15) is 0 Å². The van der Waals surface area contributed by atoms with Crippen LogP contribution in [-0.4, -0.2) is 32.3 Å². The maximum absolute atomic E-state index is 13.1. The van der Waals surface area contributed by atoms with E-state index >= 15 is 0 Å². The molecule has 0 spiro atoms. The third-order valence-electron chi connectivity index (χ3n) is 4.81. The van der Waals surface area contributed by atoms with E-state index in [-0.39, 0.29) is 18.5 Å². The molecule has 28 heavy (non-hydrogen) atoms. The molecule has 1 fully saturated rings. The Kier molecular flexibility index (Phi) is 4.35. The Hall–Kier alpha value is -3.26. The van der Waals surface area contributed by atoms with Gasteiger partial charge in [-0.3, -0.25) is 4.79 Å². The van der Waals surface area contributed by atoms with Gasteiger partial charge in [0, 0.05) is 29.9 Å². The molecule has 1 saturated heterocycles. The van der Waals surface area contributed by atoms with Crippen molar-refractivity contribution in [1.29, 1.82) is 0 Å². The molecule has 142 valence electrons. The summed E-state index contributed by atoms with van der Waals surface area (Å²) in [5.41, 5.74) is 7.08. The molecule has 4 rings (SSSR count). The van der Waals surface area contributed by atoms with Crippen molar-refractivity contribution in [1.82, 2.24) is 14.9 Å². The molecule has 0 bridgehead atoms. The highest BCUT2D eigenvalue weighted by Crippen LogP contribution is 2.34. The van der Waals surface area contributed by atoms with Crippen LogP contribution in [0.1, 0.15) is 19.4 Å². The number of hydrogen-bond donors (Lipinski definition) is 1. The van der Waals surface area contributed by atoms with E-state index in [1.165, 1.54) is 16.2 Å². The second-order valence-corrected chi connectivity index (χ2v) is 7.94. The van der Waals surface area contributed by atoms with Crippen LogP contribution in [0.2, 0.25) is 0 Å². The Bertz CT molecular complexity index is 1030. The molecule has 2 aromatic heterocycles. The first-order valence-corrected chi connectivity index (χ1v) is 9.62. The zero-order chi connectivity index (χ0) is 19.9. The fourth-order valence-electron chi connectivity index (χ4n) is 3.22. The molecule has 0 aliphatic carbocycles. The summed E-state index contributed by atoms with van der Waals surface area (Å²) in [6.07, 6.45) is 3.34. The number of aromatic nitrogens is 2. The molecule has 0 saturated carbocycles. The molecule has 7 nitrogen and oxygen atoms in total. The summed E-state index contributed by atoms with van der Waals surface area (Å²) in [4.78, 5) is 37.2. The number of pyridine rings is 1. The third kappa shape index (κ3) is 3.01. The van der Waals surface area contributed by atoms with Gasteiger partial charge in [-0.15, -0.1) is 11.3 Å². The van der Waals surface area contributed by atoms with Crippen molar-refractivity contribution in [2.75, 3.05) is 10.6 Å². The van der Waals surface area contributed by atoms with Crippen molar-refractivity contribution in [3.8, 4) is 10.6 Å². The van der Waals surface area contributed by atoms with Gasteiger partial charge in [-0.05, 0) is 55.8 Å². The topological polar surface area (TPSA) is 92.4 Å². The lowest BCUT2D eigenvalue weighted by atomic mass is 10.0. The van der Waals surface area contributed by atoms with Gasteiger partial charge in [-0.25, -0.2) is 19.7 Å². The number of hydrogen-bond acceptors (Lipinski definition) is 6. The normalized spacial score (nSPS) is 16.1. The maximum atomic E-state index is 13.1. The summed E-state index contributed by atoms with van der Waals surface area (Å²) < 4.78 is 0. The van der Waals surface area contributed by atoms with Crippen LogP contribution >= 0.6 is 11.3 Å². The molecular weight excluding hydrogens is 374 g/mol. The minimum atomic E-state index is -0.969. The van der Waals surface area contributed by atoms with Gasteiger partial charge in [0.05, 0.1) is 5.69 Å². The molecule has 1 aromatic carbocycles. The van der Waals surface area contributed by atoms with E-state index in [4.69, 9.17) is 5.73 Å². The molecule has 3 amide bonds. The number of carbonyl (C=O) groups is 2. The Morgan fingerprint density at radius 2 is 1.82 bits per heavy atom. The summed E-state index contributed by atoms with van der Waals surface area (Å²) in [5.74, 6) is 0.115. The fourth-order valence-corrected chi connectivity index (χ4v) is 3.87. The van der Waals surface area contributed by atoms with Crippen molar-refractivity contribution in [3.05, 3.63) is 59.7 Å². The first-order valence-electron chi connectivity index (χ1n) is 8.74. The van der Waals surface area contributed by atoms with Crippen LogP contribution in [0.15, 0.2) is 54.2 Å². The first-order chi connectivity index (χ1) is 13.4. The molecule has 3 aromatic rings. The number of nitrogens with two attached hydrogens (primary N) is 1. The van der Waals surface area contributed by atoms with Crippen LogP contribution in [0.3, 0.4) is 0 Å². The number of nitrogens with zero attached hydrogens (tertiary/aromatic N) is 4. The lowest BCUT2D eigenvalue weighted by Crippen LogP contribution is -2.43. The molecule has 3 heterocycles. The zero-order valence-electron chi connectivity index (χ0n) is 15.5. The highest BCUT2D eigenvalue weighted by molar-refractivity contribution is 7.13. The van der Waals surface area contributed by atoms with E-state index in [2.05, 4.69) is 9.97 Å². The molecule has 1 aliphatic rings. The zero-order valence-corrected chi connectivity index (χ0v) is 16.3. The van der Waals surface area contributed by atoms with Crippen LogP contribution in [0.5, 0.6) is 0 Å². The lowest BCUT2D eigenvalue weighted by Gasteiger charge is -2.27. The van der Waals surface area contributed by atoms with Crippen molar-refractivity contribution in [2.45, 2.75) is 25.9 Å². The van der Waals surface area contributed by atoms with Gasteiger partial charge in [0.15, 0.2) is 0 Å². The number of imide groups is 1. The number of anilines is 2. The summed E-state index contributed by atoms with van der Waals surface area (Å²) >= 11 is 1.54. The molecule has 0 atom stereocenters. The Morgan fingerprint density at radius 3 is 2.46 bits per heavy atom. The Balaban J connectivity index is 1.63. The van der Waals surface area contributed by atoms with Gasteiger partial charge in [0.1, 0.15) is 16.4 Å². The van der Waals surface area contributed by atoms with Crippen molar-refractivity contribution in [2.24, 2.45) is 0 Å². The minimum absolute atomic E-state index is 0.262. The lowest BCUT2D eigenvalue weighted by molar-refractivity contribution is -0.123. The number of nitrogen functional groups attached to an aromatic ring is 1. The van der Waals surface area contributed by atoms with Crippen LogP contribution in [0.25, 0.3) is 10.6 Å². The highest BCUT2D eigenvalue weighted by atomic mass is 32.1. The standard InChI is InChI=1S/C20H19N5O2S/c1-20(2)18(26)25(15-5-3-14(4-6-15)17-23-9-10-28-17)19(27)24(20)12-13-7-8-22-16(21)11-13/h3-11H,12H2,1-2H3,(H2,21,22). The molecule has 1 aliphatic heterocycles. The van der Waals surface area contributed by atoms with Crippen LogP contribution < -0.4 is 10.6 Å². The number of thiazole rings is 1. The van der Waals surface area contributed by atoms with E-state index in [1.807, 2.05) is 17.5 Å². The average molecular weight is 393 g/mol. The quantitative estimate of drug-likeness (QED) is 0.685. The van der Waals surface area contributed by atoms with Gasteiger partial charge in [0.25, 0.3) is 5.91 Å². The van der Waals surface area contributed by atoms with Crippen molar-refractivity contribution >= 4 is 34.8 Å². The van der Waals surface area contributed by atoms with Crippen LogP contribution in [0.4, 0.5) is 16.3 Å². The minimum Gasteiger partial charge on any atom is -0.384 e. The monoisotopic (exact) mass is 393 g/mol. The van der Waals surface area contributed by atoms with E-state index in [1.54, 1.807) is 55.4 Å². The number of amides is 3. The first kappa shape index (κ1) is 18.1. The van der Waals surface area contributed by atoms with Gasteiger partial charge in [-0.1, -0.05) is 0 Å². The SMILES string of the molecule is CC1(C)C(=O)N(c2ccc(-c3nccs3)cc2)C(=O)N1Cc1ccnc(N)c1. The van der Waals surface area contributed by atoms with Gasteiger partial charge in [0.2, 0.25) is 0 Å². The van der Waals surface area contributed by atoms with Crippen LogP contribution in [-0.2, 0) is 11.3 Å². The number of rotatable bonds is 4. The van der Waals surface area contributed by atoms with Gasteiger partial charge < -0.3 is 10.6 Å².